The molecule has 0 saturated heterocycles. The van der Waals surface area contributed by atoms with Crippen LogP contribution in [-0.2, 0) is 6.42 Å². The molecule has 0 bridgehead atoms. The van der Waals surface area contributed by atoms with Crippen LogP contribution in [0.15, 0.2) is 12.1 Å². The van der Waals surface area contributed by atoms with Gasteiger partial charge in [-0.25, -0.2) is 4.98 Å². The average Bonchev–Trinajstić information content (AvgIpc) is 2.61. The highest BCUT2D eigenvalue weighted by molar-refractivity contribution is 5.97. The van der Waals surface area contributed by atoms with E-state index in [1.807, 2.05) is 13.8 Å². The van der Waals surface area contributed by atoms with E-state index in [1.165, 1.54) is 0 Å². The van der Waals surface area contributed by atoms with E-state index in [9.17, 15) is 4.79 Å². The monoisotopic (exact) mass is 203 g/mol. The fraction of sp³-hybridized carbons (Fsp3) is 0.273. The van der Waals surface area contributed by atoms with Crippen molar-refractivity contribution in [1.82, 2.24) is 9.97 Å². The number of hydrogen-bond acceptors (Lipinski definition) is 2. The molecule has 2 rings (SSSR count). The topological polar surface area (TPSA) is 71.8 Å². The second kappa shape index (κ2) is 3.38. The Hall–Kier alpha value is -1.84. The first-order chi connectivity index (χ1) is 7.11. The van der Waals surface area contributed by atoms with Crippen LogP contribution in [0, 0.1) is 6.92 Å². The molecule has 1 amide bonds. The molecule has 0 fully saturated rings. The van der Waals surface area contributed by atoms with Crippen molar-refractivity contribution in [3.63, 3.8) is 0 Å². The maximum absolute atomic E-state index is 11.1. The van der Waals surface area contributed by atoms with Crippen molar-refractivity contribution >= 4 is 16.9 Å². The van der Waals surface area contributed by atoms with Crippen molar-refractivity contribution in [2.45, 2.75) is 20.3 Å². The van der Waals surface area contributed by atoms with Crippen LogP contribution in [0.5, 0.6) is 0 Å². The summed E-state index contributed by atoms with van der Waals surface area (Å²) in [4.78, 5) is 18.6. The Balaban J connectivity index is 2.70. The number of nitrogens with one attached hydrogen (secondary N) is 1. The number of nitrogens with two attached hydrogens (primary N) is 1. The molecule has 15 heavy (non-hydrogen) atoms. The van der Waals surface area contributed by atoms with Crippen LogP contribution in [0.25, 0.3) is 11.0 Å². The van der Waals surface area contributed by atoms with Gasteiger partial charge in [-0.2, -0.15) is 0 Å². The van der Waals surface area contributed by atoms with Crippen molar-refractivity contribution in [2.75, 3.05) is 0 Å². The van der Waals surface area contributed by atoms with E-state index < -0.39 is 5.91 Å². The predicted octanol–water partition coefficient (Wildman–Crippen LogP) is 1.53. The van der Waals surface area contributed by atoms with Gasteiger partial charge in [0, 0.05) is 12.0 Å². The fourth-order valence-corrected chi connectivity index (χ4v) is 1.65. The molecule has 0 aliphatic rings. The van der Waals surface area contributed by atoms with Crippen molar-refractivity contribution in [3.8, 4) is 0 Å². The Labute approximate surface area is 87.5 Å². The molecule has 0 unspecified atom stereocenters. The molecule has 0 saturated carbocycles. The first-order valence-electron chi connectivity index (χ1n) is 4.91. The van der Waals surface area contributed by atoms with Crippen LogP contribution >= 0.6 is 0 Å². The molecule has 0 atom stereocenters. The molecule has 1 aromatic carbocycles. The van der Waals surface area contributed by atoms with E-state index in [1.54, 1.807) is 12.1 Å². The molecule has 1 heterocycles. The average molecular weight is 203 g/mol. The van der Waals surface area contributed by atoms with E-state index in [-0.39, 0.29) is 0 Å². The van der Waals surface area contributed by atoms with Gasteiger partial charge in [-0.15, -0.1) is 0 Å². The Morgan fingerprint density at radius 3 is 2.87 bits per heavy atom. The van der Waals surface area contributed by atoms with E-state index in [0.29, 0.717) is 5.56 Å². The van der Waals surface area contributed by atoms with Crippen LogP contribution in [0.2, 0.25) is 0 Å². The highest BCUT2D eigenvalue weighted by Crippen LogP contribution is 2.18. The first-order valence-corrected chi connectivity index (χ1v) is 4.91. The minimum absolute atomic E-state index is 0.410. The Bertz CT molecular complexity index is 528. The van der Waals surface area contributed by atoms with Crippen molar-refractivity contribution in [2.24, 2.45) is 5.73 Å². The molecule has 4 heteroatoms. The largest absolute Gasteiger partial charge is 0.366 e. The molecule has 0 radical (unpaired) electrons. The van der Waals surface area contributed by atoms with Crippen LogP contribution in [0.4, 0.5) is 0 Å². The van der Waals surface area contributed by atoms with E-state index >= 15 is 0 Å². The summed E-state index contributed by atoms with van der Waals surface area (Å²) in [6.07, 6.45) is 0.847. The number of fused-ring (bicyclic) bond motifs is 1. The molecule has 0 spiro atoms. The number of carbonyl (C=O) groups excluding carboxylic acids is 1. The Morgan fingerprint density at radius 2 is 2.27 bits per heavy atom. The zero-order chi connectivity index (χ0) is 11.0. The molecular weight excluding hydrogens is 190 g/mol. The summed E-state index contributed by atoms with van der Waals surface area (Å²) >= 11 is 0. The number of aryl methyl sites for hydroxylation is 2. The quantitative estimate of drug-likeness (QED) is 0.777. The summed E-state index contributed by atoms with van der Waals surface area (Å²) in [6.45, 7) is 3.96. The highest BCUT2D eigenvalue weighted by atomic mass is 16.1. The number of carbonyl (C=O) groups is 1. The lowest BCUT2D eigenvalue weighted by molar-refractivity contribution is 0.100. The first kappa shape index (κ1) is 9.71. The van der Waals surface area contributed by atoms with E-state index in [2.05, 4.69) is 9.97 Å². The minimum atomic E-state index is -0.410. The van der Waals surface area contributed by atoms with Crippen LogP contribution in [0.3, 0.4) is 0 Å². The summed E-state index contributed by atoms with van der Waals surface area (Å²) in [5.74, 6) is 0.516. The van der Waals surface area contributed by atoms with Gasteiger partial charge in [-0.1, -0.05) is 6.92 Å². The van der Waals surface area contributed by atoms with Gasteiger partial charge in [-0.3, -0.25) is 4.79 Å². The number of benzene rings is 1. The summed E-state index contributed by atoms with van der Waals surface area (Å²) < 4.78 is 0. The van der Waals surface area contributed by atoms with Crippen LogP contribution in [-0.4, -0.2) is 15.9 Å². The molecule has 4 nitrogen and oxygen atoms in total. The van der Waals surface area contributed by atoms with Crippen LogP contribution < -0.4 is 5.73 Å². The predicted molar refractivity (Wildman–Crippen MR) is 58.7 cm³/mol. The maximum Gasteiger partial charge on any atom is 0.248 e. The minimum Gasteiger partial charge on any atom is -0.366 e. The third-order valence-electron chi connectivity index (χ3n) is 2.45. The number of hydrogen-bond donors (Lipinski definition) is 2. The Kier molecular flexibility index (Phi) is 2.19. The van der Waals surface area contributed by atoms with Crippen molar-refractivity contribution in [1.29, 1.82) is 0 Å². The lowest BCUT2D eigenvalue weighted by Gasteiger charge is -1.98. The Morgan fingerprint density at radius 1 is 1.53 bits per heavy atom. The van der Waals surface area contributed by atoms with Gasteiger partial charge in [0.25, 0.3) is 0 Å². The smallest absolute Gasteiger partial charge is 0.248 e. The van der Waals surface area contributed by atoms with Gasteiger partial charge in [0.15, 0.2) is 0 Å². The number of nitrogens with zero attached hydrogens (tertiary/aromatic N) is 1. The molecule has 2 aromatic rings. The van der Waals surface area contributed by atoms with E-state index in [4.69, 9.17) is 5.73 Å². The lowest BCUT2D eigenvalue weighted by Crippen LogP contribution is -2.10. The van der Waals surface area contributed by atoms with Crippen LogP contribution in [0.1, 0.15) is 28.7 Å². The molecular formula is C11H13N3O. The second-order valence-corrected chi connectivity index (χ2v) is 3.59. The number of aromatic nitrogens is 2. The molecule has 1 aromatic heterocycles. The molecule has 78 valence electrons. The number of aromatic amines is 1. The lowest BCUT2D eigenvalue weighted by atomic mass is 10.1. The number of primary amides is 1. The third kappa shape index (κ3) is 1.58. The number of amides is 1. The van der Waals surface area contributed by atoms with Gasteiger partial charge < -0.3 is 10.7 Å². The molecule has 0 aliphatic heterocycles. The zero-order valence-electron chi connectivity index (χ0n) is 8.79. The van der Waals surface area contributed by atoms with Gasteiger partial charge in [0.05, 0.1) is 11.0 Å². The molecule has 3 N–H and O–H groups in total. The summed E-state index contributed by atoms with van der Waals surface area (Å²) in [6, 6.07) is 3.52. The van der Waals surface area contributed by atoms with Gasteiger partial charge in [-0.05, 0) is 24.6 Å². The van der Waals surface area contributed by atoms with Gasteiger partial charge >= 0.3 is 0 Å². The summed E-state index contributed by atoms with van der Waals surface area (Å²) in [7, 11) is 0. The normalized spacial score (nSPS) is 10.8. The number of H-pyrrole nitrogens is 1. The van der Waals surface area contributed by atoms with Gasteiger partial charge in [0.1, 0.15) is 5.82 Å². The molecule has 0 aliphatic carbocycles. The third-order valence-corrected chi connectivity index (χ3v) is 2.45. The van der Waals surface area contributed by atoms with Gasteiger partial charge in [0.2, 0.25) is 5.91 Å². The standard InChI is InChI=1S/C11H13N3O/c1-3-9-13-8-5-7(11(12)15)4-6(2)10(8)14-9/h4-5H,3H2,1-2H3,(H2,12,15)(H,13,14). The summed E-state index contributed by atoms with van der Waals surface area (Å²) in [5, 5.41) is 0. The zero-order valence-corrected chi connectivity index (χ0v) is 8.79. The fourth-order valence-electron chi connectivity index (χ4n) is 1.65. The van der Waals surface area contributed by atoms with E-state index in [0.717, 1.165) is 28.8 Å². The SMILES string of the molecule is CCc1nc2c(C)cc(C(N)=O)cc2[nH]1. The number of rotatable bonds is 2. The second-order valence-electron chi connectivity index (χ2n) is 3.59. The summed E-state index contributed by atoms with van der Waals surface area (Å²) in [5.41, 5.74) is 8.52. The van der Waals surface area contributed by atoms with Crippen molar-refractivity contribution < 1.29 is 4.79 Å². The maximum atomic E-state index is 11.1. The highest BCUT2D eigenvalue weighted by Gasteiger charge is 2.08. The van der Waals surface area contributed by atoms with Crippen molar-refractivity contribution in [3.05, 3.63) is 29.1 Å². The number of imidazole rings is 1.